The summed E-state index contributed by atoms with van der Waals surface area (Å²) in [6, 6.07) is 6.39. The second-order valence-corrected chi connectivity index (χ2v) is 7.44. The number of imidazole rings is 1. The molecule has 160 valence electrons. The van der Waals surface area contributed by atoms with Gasteiger partial charge < -0.3 is 20.3 Å². The van der Waals surface area contributed by atoms with Crippen LogP contribution in [-0.4, -0.2) is 50.2 Å². The first-order valence-corrected chi connectivity index (χ1v) is 9.84. The number of hydrogen-bond donors (Lipinski definition) is 3. The summed E-state index contributed by atoms with van der Waals surface area (Å²) < 4.78 is 2.26. The number of rotatable bonds is 5. The van der Waals surface area contributed by atoms with Gasteiger partial charge >= 0.3 is 6.09 Å². The molecule has 0 aliphatic heterocycles. The van der Waals surface area contributed by atoms with Gasteiger partial charge in [0.15, 0.2) is 0 Å². The maximum absolute atomic E-state index is 12.9. The zero-order chi connectivity index (χ0) is 22.1. The molecule has 10 heteroatoms. The minimum absolute atomic E-state index is 0.0152. The van der Waals surface area contributed by atoms with E-state index in [0.29, 0.717) is 16.6 Å². The molecule has 1 aromatic carbocycles. The van der Waals surface area contributed by atoms with E-state index in [9.17, 15) is 24.3 Å². The molecule has 4 rings (SSSR count). The Morgan fingerprint density at radius 2 is 2.00 bits per heavy atom. The Balaban J connectivity index is 1.77. The third kappa shape index (κ3) is 3.79. The highest BCUT2D eigenvalue weighted by Crippen LogP contribution is 2.20. The molecule has 3 aromatic rings. The summed E-state index contributed by atoms with van der Waals surface area (Å²) in [6.07, 6.45) is 4.30. The first-order chi connectivity index (χ1) is 14.9. The van der Waals surface area contributed by atoms with E-state index in [2.05, 4.69) is 15.6 Å². The molecule has 1 saturated carbocycles. The topological polar surface area (TPSA) is 135 Å². The highest BCUT2D eigenvalue weighted by Gasteiger charge is 2.23. The summed E-state index contributed by atoms with van der Waals surface area (Å²) in [5, 5.41) is 14.6. The molecular weight excluding hydrogens is 402 g/mol. The number of pyridine rings is 1. The second-order valence-electron chi connectivity index (χ2n) is 7.44. The van der Waals surface area contributed by atoms with Crippen LogP contribution in [0.5, 0.6) is 0 Å². The second kappa shape index (κ2) is 8.05. The molecule has 0 unspecified atom stereocenters. The lowest BCUT2D eigenvalue weighted by atomic mass is 9.93. The largest absolute Gasteiger partial charge is 0.464 e. The van der Waals surface area contributed by atoms with Crippen molar-refractivity contribution in [1.82, 2.24) is 24.8 Å². The van der Waals surface area contributed by atoms with Gasteiger partial charge in [0.2, 0.25) is 0 Å². The van der Waals surface area contributed by atoms with Gasteiger partial charge in [0.1, 0.15) is 11.9 Å². The molecular formula is C21H21N5O5. The Morgan fingerprint density at radius 3 is 2.65 bits per heavy atom. The molecule has 10 nitrogen and oxygen atoms in total. The van der Waals surface area contributed by atoms with Gasteiger partial charge in [-0.05, 0) is 37.0 Å². The molecule has 1 aliphatic rings. The molecule has 0 atom stereocenters. The van der Waals surface area contributed by atoms with E-state index in [0.717, 1.165) is 23.8 Å². The van der Waals surface area contributed by atoms with Crippen molar-refractivity contribution in [3.63, 3.8) is 0 Å². The summed E-state index contributed by atoms with van der Waals surface area (Å²) in [5.41, 5.74) is 0.875. The van der Waals surface area contributed by atoms with Gasteiger partial charge in [0, 0.05) is 19.3 Å². The van der Waals surface area contributed by atoms with Crippen LogP contribution in [0.2, 0.25) is 0 Å². The standard InChI is InChI=1S/C21H21N5O5/c1-22-19(28)15-8-13(18(27)24-14-5-3-6-14)10-25(20(15)29)9-12-4-2-7-16-17(12)23-11-26(16)21(30)31/h2,4,7-8,10-11,14H,3,5-6,9H2,1H3,(H,22,28)(H,24,27)(H,30,31). The molecule has 2 aromatic heterocycles. The van der Waals surface area contributed by atoms with Gasteiger partial charge in [-0.25, -0.2) is 14.3 Å². The average Bonchev–Trinajstić information content (AvgIpc) is 3.17. The summed E-state index contributed by atoms with van der Waals surface area (Å²) >= 11 is 0. The number of amides is 2. The third-order valence-electron chi connectivity index (χ3n) is 5.47. The molecule has 2 heterocycles. The first kappa shape index (κ1) is 20.3. The summed E-state index contributed by atoms with van der Waals surface area (Å²) in [7, 11) is 1.41. The molecule has 3 N–H and O–H groups in total. The van der Waals surface area contributed by atoms with Crippen molar-refractivity contribution in [2.45, 2.75) is 31.8 Å². The smallest absolute Gasteiger partial charge is 0.417 e. The predicted octanol–water partition coefficient (Wildman–Crippen LogP) is 1.41. The fourth-order valence-electron chi connectivity index (χ4n) is 3.56. The maximum Gasteiger partial charge on any atom is 0.417 e. The van der Waals surface area contributed by atoms with Gasteiger partial charge in [-0.3, -0.25) is 14.4 Å². The van der Waals surface area contributed by atoms with Crippen molar-refractivity contribution in [3.05, 3.63) is 63.8 Å². The molecule has 2 amide bonds. The van der Waals surface area contributed by atoms with Crippen LogP contribution in [0.3, 0.4) is 0 Å². The number of benzene rings is 1. The van der Waals surface area contributed by atoms with Crippen LogP contribution in [0.1, 0.15) is 45.5 Å². The number of nitrogens with zero attached hydrogens (tertiary/aromatic N) is 3. The Labute approximate surface area is 176 Å². The van der Waals surface area contributed by atoms with E-state index in [-0.39, 0.29) is 29.6 Å². The number of para-hydroxylation sites is 1. The van der Waals surface area contributed by atoms with E-state index < -0.39 is 17.6 Å². The van der Waals surface area contributed by atoms with Crippen LogP contribution in [0.15, 0.2) is 41.6 Å². The highest BCUT2D eigenvalue weighted by atomic mass is 16.4. The predicted molar refractivity (Wildman–Crippen MR) is 111 cm³/mol. The maximum atomic E-state index is 12.9. The van der Waals surface area contributed by atoms with Crippen LogP contribution in [0.25, 0.3) is 11.0 Å². The molecule has 1 fully saturated rings. The van der Waals surface area contributed by atoms with Gasteiger partial charge in [-0.15, -0.1) is 0 Å². The summed E-state index contributed by atoms with van der Waals surface area (Å²) in [4.78, 5) is 53.4. The molecule has 0 spiro atoms. The SMILES string of the molecule is CNC(=O)c1cc(C(=O)NC2CCC2)cn(Cc2cccc3c2ncn3C(=O)O)c1=O. The highest BCUT2D eigenvalue weighted by molar-refractivity contribution is 5.99. The Hall–Kier alpha value is -3.95. The minimum atomic E-state index is -1.17. The normalized spacial score (nSPS) is 13.6. The summed E-state index contributed by atoms with van der Waals surface area (Å²) in [5.74, 6) is -0.942. The van der Waals surface area contributed by atoms with Crippen LogP contribution in [0, 0.1) is 0 Å². The van der Waals surface area contributed by atoms with Crippen molar-refractivity contribution in [2.75, 3.05) is 7.05 Å². The number of fused-ring (bicyclic) bond motifs is 1. The van der Waals surface area contributed by atoms with Gasteiger partial charge in [-0.2, -0.15) is 0 Å². The molecule has 31 heavy (non-hydrogen) atoms. The number of hydrogen-bond acceptors (Lipinski definition) is 5. The van der Waals surface area contributed by atoms with Crippen molar-refractivity contribution in [3.8, 4) is 0 Å². The quantitative estimate of drug-likeness (QED) is 0.568. The van der Waals surface area contributed by atoms with Crippen LogP contribution < -0.4 is 16.2 Å². The fraction of sp³-hybridized carbons (Fsp3) is 0.286. The lowest BCUT2D eigenvalue weighted by molar-refractivity contribution is 0.0916. The Bertz CT molecular complexity index is 1250. The molecule has 0 bridgehead atoms. The van der Waals surface area contributed by atoms with Crippen molar-refractivity contribution in [1.29, 1.82) is 0 Å². The van der Waals surface area contributed by atoms with Crippen molar-refractivity contribution >= 4 is 28.9 Å². The average molecular weight is 423 g/mol. The van der Waals surface area contributed by atoms with E-state index in [1.165, 1.54) is 30.2 Å². The zero-order valence-electron chi connectivity index (χ0n) is 16.8. The lowest BCUT2D eigenvalue weighted by Crippen LogP contribution is -2.40. The fourth-order valence-corrected chi connectivity index (χ4v) is 3.56. The van der Waals surface area contributed by atoms with Crippen LogP contribution in [0.4, 0.5) is 4.79 Å². The summed E-state index contributed by atoms with van der Waals surface area (Å²) in [6.45, 7) is 0.0152. The number of nitrogens with one attached hydrogen (secondary N) is 2. The monoisotopic (exact) mass is 423 g/mol. The van der Waals surface area contributed by atoms with E-state index >= 15 is 0 Å². The Morgan fingerprint density at radius 1 is 1.23 bits per heavy atom. The number of carbonyl (C=O) groups is 3. The zero-order valence-corrected chi connectivity index (χ0v) is 16.8. The van der Waals surface area contributed by atoms with Gasteiger partial charge in [0.05, 0.1) is 23.1 Å². The van der Waals surface area contributed by atoms with E-state index in [4.69, 9.17) is 0 Å². The van der Waals surface area contributed by atoms with Crippen LogP contribution in [-0.2, 0) is 6.54 Å². The molecule has 1 aliphatic carbocycles. The van der Waals surface area contributed by atoms with Gasteiger partial charge in [0.25, 0.3) is 17.4 Å². The number of carbonyl (C=O) groups excluding carboxylic acids is 2. The van der Waals surface area contributed by atoms with Crippen molar-refractivity contribution < 1.29 is 19.5 Å². The van der Waals surface area contributed by atoms with E-state index in [1.807, 2.05) is 0 Å². The number of aromatic nitrogens is 3. The Kier molecular flexibility index (Phi) is 5.28. The third-order valence-corrected chi connectivity index (χ3v) is 5.47. The van der Waals surface area contributed by atoms with Crippen LogP contribution >= 0.6 is 0 Å². The molecule has 0 saturated heterocycles. The molecule has 0 radical (unpaired) electrons. The first-order valence-electron chi connectivity index (χ1n) is 9.84. The van der Waals surface area contributed by atoms with Crippen molar-refractivity contribution in [2.24, 2.45) is 0 Å². The van der Waals surface area contributed by atoms with Gasteiger partial charge in [-0.1, -0.05) is 12.1 Å². The minimum Gasteiger partial charge on any atom is -0.464 e. The lowest BCUT2D eigenvalue weighted by Gasteiger charge is -2.26. The number of carboxylic acid groups (broad SMARTS) is 1. The van der Waals surface area contributed by atoms with E-state index in [1.54, 1.807) is 18.2 Å².